The summed E-state index contributed by atoms with van der Waals surface area (Å²) < 4.78 is 64.1. The van der Waals surface area contributed by atoms with Crippen LogP contribution in [0.15, 0.2) is 66.9 Å². The van der Waals surface area contributed by atoms with Crippen molar-refractivity contribution in [3.8, 4) is 17.6 Å². The van der Waals surface area contributed by atoms with Gasteiger partial charge in [-0.2, -0.15) is 13.2 Å². The van der Waals surface area contributed by atoms with Gasteiger partial charge in [-0.15, -0.1) is 0 Å². The topological polar surface area (TPSA) is 162 Å². The SMILES string of the molecule is COc1cc(C(=O)N2C[C@@]3(CCC2(C)C)C[C@H]3C#Cc2cccc3c2CN(C2CCC(=O)NC2=O)C3=O)ccc1NC(=O)[C@@H]1N[C@@H](CC(C)(C)C)[C@@]2(CNc3cc(C(F)(F)F)ncc32)[C@H]1c1cccc(Cl)c1F. The van der Waals surface area contributed by atoms with E-state index < -0.39 is 64.5 Å². The Hall–Kier alpha value is -6.51. The molecule has 6 aliphatic rings. The van der Waals surface area contributed by atoms with Crippen molar-refractivity contribution in [1.29, 1.82) is 0 Å². The number of imide groups is 1. The highest BCUT2D eigenvalue weighted by Gasteiger charge is 2.63. The summed E-state index contributed by atoms with van der Waals surface area (Å²) in [5, 5.41) is 11.8. The molecule has 4 aromatic rings. The number of carbonyl (C=O) groups is 5. The fraction of sp³-hybridized carbons (Fsp3) is 0.455. The largest absolute Gasteiger partial charge is 0.495 e. The summed E-state index contributed by atoms with van der Waals surface area (Å²) in [6.07, 6.45) is -0.299. The lowest BCUT2D eigenvalue weighted by Gasteiger charge is -2.46. The van der Waals surface area contributed by atoms with Gasteiger partial charge in [0.15, 0.2) is 0 Å². The Morgan fingerprint density at radius 3 is 2.52 bits per heavy atom. The molecule has 5 aliphatic heterocycles. The number of aromatic nitrogens is 1. The first-order valence-electron chi connectivity index (χ1n) is 24.6. The molecule has 7 atom stereocenters. The van der Waals surface area contributed by atoms with Crippen molar-refractivity contribution >= 4 is 52.5 Å². The highest BCUT2D eigenvalue weighted by atomic mass is 35.5. The number of hydrogen-bond acceptors (Lipinski definition) is 9. The zero-order valence-corrected chi connectivity index (χ0v) is 42.0. The minimum Gasteiger partial charge on any atom is -0.495 e. The molecular weight excluding hydrogens is 966 g/mol. The van der Waals surface area contributed by atoms with Gasteiger partial charge in [0.05, 0.1) is 23.9 Å². The third kappa shape index (κ3) is 8.77. The standard InChI is InChI=1S/C55H56ClF4N7O6/c1-51(2,3)24-42-54(27-62-38-22-41(55(58,59)60)61-25-35(38)54)44(33-11-8-12-36(56)45(33)57)46(64-42)48(70)63-37-16-14-30(21-40(37)73-6)49(71)67-28-53(20-19-52(67,4)5)23-31(53)15-13-29-9-7-10-32-34(29)26-66(50(32)72)39-17-18-43(68)65-47(39)69/h7-12,14,16,21-22,25,31,39,42,44,46,62,64H,17-20,23-24,26-28H2,1-6H3,(H,63,70)(H,65,68,69)/t31-,39?,42+,44+,46-,53-,54+/m1/s1. The van der Waals surface area contributed by atoms with Gasteiger partial charge in [0.2, 0.25) is 17.7 Å². The van der Waals surface area contributed by atoms with Gasteiger partial charge < -0.3 is 30.5 Å². The number of likely N-dealkylation sites (tertiary alicyclic amines) is 1. The van der Waals surface area contributed by atoms with Gasteiger partial charge in [-0.05, 0) is 105 Å². The second kappa shape index (κ2) is 17.9. The number of amides is 5. The summed E-state index contributed by atoms with van der Waals surface area (Å²) in [7, 11) is 1.42. The molecule has 1 aromatic heterocycles. The molecule has 3 saturated heterocycles. The van der Waals surface area contributed by atoms with E-state index >= 15 is 4.39 Å². The minimum absolute atomic E-state index is 0.0112. The molecule has 3 aromatic carbocycles. The minimum atomic E-state index is -4.71. The van der Waals surface area contributed by atoms with E-state index in [1.807, 2.05) is 45.6 Å². The molecule has 4 N–H and O–H groups in total. The van der Waals surface area contributed by atoms with E-state index in [2.05, 4.69) is 38.1 Å². The molecule has 0 radical (unpaired) electrons. The molecule has 0 bridgehead atoms. The second-order valence-corrected chi connectivity index (χ2v) is 22.7. The van der Waals surface area contributed by atoms with Crippen molar-refractivity contribution in [1.82, 2.24) is 25.4 Å². The van der Waals surface area contributed by atoms with Crippen molar-refractivity contribution in [3.63, 3.8) is 0 Å². The molecule has 5 amide bonds. The fourth-order valence-electron chi connectivity index (χ4n) is 12.1. The van der Waals surface area contributed by atoms with Gasteiger partial charge in [-0.25, -0.2) is 4.39 Å². The molecule has 4 fully saturated rings. The van der Waals surface area contributed by atoms with Gasteiger partial charge in [0, 0.05) is 94.4 Å². The molecule has 2 spiro atoms. The van der Waals surface area contributed by atoms with E-state index in [-0.39, 0.29) is 88.1 Å². The van der Waals surface area contributed by atoms with E-state index in [1.54, 1.807) is 42.5 Å². The molecule has 6 heterocycles. The number of halogens is 5. The van der Waals surface area contributed by atoms with Crippen molar-refractivity contribution in [3.05, 3.63) is 117 Å². The lowest BCUT2D eigenvalue weighted by Crippen LogP contribution is -2.54. The van der Waals surface area contributed by atoms with Crippen LogP contribution in [0.4, 0.5) is 28.9 Å². The predicted octanol–water partition coefficient (Wildman–Crippen LogP) is 8.60. The van der Waals surface area contributed by atoms with Gasteiger partial charge in [0.1, 0.15) is 23.3 Å². The number of carbonyl (C=O) groups excluding carboxylic acids is 5. The van der Waals surface area contributed by atoms with Crippen molar-refractivity contribution in [2.75, 3.05) is 30.8 Å². The number of piperidine rings is 2. The van der Waals surface area contributed by atoms with Gasteiger partial charge in [-0.1, -0.05) is 62.4 Å². The summed E-state index contributed by atoms with van der Waals surface area (Å²) in [6, 6.07) is 13.2. The number of nitrogens with zero attached hydrogens (tertiary/aromatic N) is 3. The van der Waals surface area contributed by atoms with Crippen molar-refractivity contribution < 1.29 is 46.3 Å². The van der Waals surface area contributed by atoms with Crippen LogP contribution in [0.25, 0.3) is 0 Å². The number of methoxy groups -OCH3 is 1. The number of alkyl halides is 3. The Bertz CT molecular complexity index is 3070. The van der Waals surface area contributed by atoms with Crippen LogP contribution in [0.2, 0.25) is 5.02 Å². The number of benzene rings is 3. The number of ether oxygens (including phenoxy) is 1. The van der Waals surface area contributed by atoms with Crippen LogP contribution in [0.1, 0.15) is 128 Å². The zero-order valence-electron chi connectivity index (χ0n) is 41.3. The summed E-state index contributed by atoms with van der Waals surface area (Å²) in [5.41, 5.74) is -0.116. The Morgan fingerprint density at radius 2 is 1.79 bits per heavy atom. The Morgan fingerprint density at radius 1 is 1.03 bits per heavy atom. The summed E-state index contributed by atoms with van der Waals surface area (Å²) in [4.78, 5) is 74.7. The normalized spacial score (nSPS) is 27.0. The van der Waals surface area contributed by atoms with Crippen molar-refractivity contribution in [2.45, 2.75) is 121 Å². The van der Waals surface area contributed by atoms with Crippen LogP contribution in [-0.4, -0.2) is 88.2 Å². The number of rotatable bonds is 7. The monoisotopic (exact) mass is 1020 g/mol. The maximum Gasteiger partial charge on any atom is 0.433 e. The first-order chi connectivity index (χ1) is 34.4. The smallest absolute Gasteiger partial charge is 0.433 e. The van der Waals surface area contributed by atoms with E-state index in [1.165, 1.54) is 24.3 Å². The molecule has 382 valence electrons. The second-order valence-electron chi connectivity index (χ2n) is 22.3. The molecular formula is C55H56ClF4N7O6. The highest BCUT2D eigenvalue weighted by molar-refractivity contribution is 6.30. The molecule has 73 heavy (non-hydrogen) atoms. The number of anilines is 2. The third-order valence-corrected chi connectivity index (χ3v) is 16.4. The van der Waals surface area contributed by atoms with E-state index in [0.717, 1.165) is 30.9 Å². The van der Waals surface area contributed by atoms with E-state index in [4.69, 9.17) is 16.3 Å². The van der Waals surface area contributed by atoms with Crippen LogP contribution >= 0.6 is 11.6 Å². The maximum atomic E-state index is 16.4. The molecule has 1 saturated carbocycles. The van der Waals surface area contributed by atoms with Gasteiger partial charge >= 0.3 is 6.18 Å². The summed E-state index contributed by atoms with van der Waals surface area (Å²) in [6.45, 7) is 10.8. The number of fused-ring (bicyclic) bond motifs is 3. The molecule has 18 heteroatoms. The fourth-order valence-corrected chi connectivity index (χ4v) is 12.3. The van der Waals surface area contributed by atoms with Crippen LogP contribution < -0.4 is 26.0 Å². The van der Waals surface area contributed by atoms with Crippen LogP contribution in [0.3, 0.4) is 0 Å². The lowest BCUT2D eigenvalue weighted by atomic mass is 9.63. The predicted molar refractivity (Wildman–Crippen MR) is 264 cm³/mol. The number of nitrogens with one attached hydrogen (secondary N) is 4. The lowest BCUT2D eigenvalue weighted by molar-refractivity contribution is -0.141. The van der Waals surface area contributed by atoms with Gasteiger partial charge in [0.25, 0.3) is 11.8 Å². The Balaban J connectivity index is 0.895. The van der Waals surface area contributed by atoms with Crippen molar-refractivity contribution in [2.24, 2.45) is 16.7 Å². The Kier molecular flexibility index (Phi) is 12.2. The summed E-state index contributed by atoms with van der Waals surface area (Å²) >= 11 is 6.40. The quantitative estimate of drug-likeness (QED) is 0.0808. The van der Waals surface area contributed by atoms with Crippen LogP contribution in [-0.2, 0) is 32.5 Å². The first-order valence-corrected chi connectivity index (χ1v) is 24.9. The van der Waals surface area contributed by atoms with E-state index in [0.29, 0.717) is 35.2 Å². The molecule has 13 nitrogen and oxygen atoms in total. The van der Waals surface area contributed by atoms with Crippen LogP contribution in [0, 0.1) is 34.4 Å². The maximum absolute atomic E-state index is 16.4. The van der Waals surface area contributed by atoms with Gasteiger partial charge in [-0.3, -0.25) is 34.3 Å². The Labute approximate surface area is 425 Å². The third-order valence-electron chi connectivity index (χ3n) is 16.1. The van der Waals surface area contributed by atoms with E-state index in [9.17, 15) is 37.1 Å². The highest BCUT2D eigenvalue weighted by Crippen LogP contribution is 2.60. The number of hydrogen-bond donors (Lipinski definition) is 4. The molecule has 10 rings (SSSR count). The average molecular weight is 1020 g/mol. The molecule has 1 aliphatic carbocycles. The first kappa shape index (κ1) is 50.0. The number of pyridine rings is 1. The van der Waals surface area contributed by atoms with Crippen LogP contribution in [0.5, 0.6) is 5.75 Å². The molecule has 1 unspecified atom stereocenters. The zero-order chi connectivity index (χ0) is 52.2. The summed E-state index contributed by atoms with van der Waals surface area (Å²) in [5.74, 6) is 3.35. The average Bonchev–Trinajstić information content (AvgIpc) is 3.52.